The van der Waals surface area contributed by atoms with Crippen molar-refractivity contribution in [3.05, 3.63) is 89.7 Å². The van der Waals surface area contributed by atoms with E-state index in [2.05, 4.69) is 10.3 Å². The second-order valence-corrected chi connectivity index (χ2v) is 5.18. The van der Waals surface area contributed by atoms with E-state index in [-0.39, 0.29) is 5.91 Å². The number of carbonyl (C=O) groups is 1. The molecule has 2 aromatic carbocycles. The molecule has 0 aliphatic heterocycles. The first kappa shape index (κ1) is 14.9. The fourth-order valence-corrected chi connectivity index (χ4v) is 2.19. The summed E-state index contributed by atoms with van der Waals surface area (Å²) in [5.74, 6) is 0.702. The third-order valence-corrected chi connectivity index (χ3v) is 3.47. The summed E-state index contributed by atoms with van der Waals surface area (Å²) in [7, 11) is 0. The molecular weight excluding hydrogens is 288 g/mol. The monoisotopic (exact) mass is 306 g/mol. The van der Waals surface area contributed by atoms with Crippen molar-refractivity contribution in [2.75, 3.05) is 0 Å². The summed E-state index contributed by atoms with van der Waals surface area (Å²) in [6.07, 6.45) is 1.73. The van der Waals surface area contributed by atoms with Gasteiger partial charge in [-0.15, -0.1) is 0 Å². The Hall–Kier alpha value is -3.01. The second-order valence-electron chi connectivity index (χ2n) is 5.18. The molecule has 4 nitrogen and oxygen atoms in total. The molecule has 23 heavy (non-hydrogen) atoms. The van der Waals surface area contributed by atoms with Crippen molar-refractivity contribution in [3.63, 3.8) is 0 Å². The van der Waals surface area contributed by atoms with E-state index in [1.165, 1.54) is 0 Å². The summed E-state index contributed by atoms with van der Waals surface area (Å²) < 4.78 is 5.74. The van der Waals surface area contributed by atoms with E-state index in [1.54, 1.807) is 18.3 Å². The maximum atomic E-state index is 11.8. The number of H-pyrrole nitrogens is 1. The predicted octanol–water partition coefficient (Wildman–Crippen LogP) is 3.52. The average molecular weight is 306 g/mol. The number of ether oxygens (including phenoxy) is 1. The number of hydrogen-bond acceptors (Lipinski definition) is 2. The average Bonchev–Trinajstić information content (AvgIpc) is 3.14. The van der Waals surface area contributed by atoms with Gasteiger partial charge in [0.2, 0.25) is 0 Å². The molecule has 116 valence electrons. The van der Waals surface area contributed by atoms with Crippen molar-refractivity contribution in [2.45, 2.75) is 13.2 Å². The quantitative estimate of drug-likeness (QED) is 0.732. The van der Waals surface area contributed by atoms with Crippen LogP contribution in [0.5, 0.6) is 5.75 Å². The zero-order chi connectivity index (χ0) is 15.9. The first-order valence-corrected chi connectivity index (χ1v) is 7.48. The van der Waals surface area contributed by atoms with Gasteiger partial charge in [-0.3, -0.25) is 4.79 Å². The number of nitrogens with one attached hydrogen (secondary N) is 2. The van der Waals surface area contributed by atoms with Crippen molar-refractivity contribution in [1.82, 2.24) is 10.3 Å². The van der Waals surface area contributed by atoms with Crippen molar-refractivity contribution in [3.8, 4) is 5.75 Å². The lowest BCUT2D eigenvalue weighted by Gasteiger charge is -2.08. The summed E-state index contributed by atoms with van der Waals surface area (Å²) in [5, 5.41) is 2.87. The molecule has 0 unspecified atom stereocenters. The highest BCUT2D eigenvalue weighted by molar-refractivity contribution is 5.92. The third kappa shape index (κ3) is 4.23. The summed E-state index contributed by atoms with van der Waals surface area (Å²) in [6, 6.07) is 21.3. The largest absolute Gasteiger partial charge is 0.489 e. The van der Waals surface area contributed by atoms with E-state index < -0.39 is 0 Å². The molecule has 0 fully saturated rings. The van der Waals surface area contributed by atoms with Crippen LogP contribution in [0.15, 0.2) is 72.9 Å². The lowest BCUT2D eigenvalue weighted by molar-refractivity contribution is 0.0946. The van der Waals surface area contributed by atoms with Crippen LogP contribution >= 0.6 is 0 Å². The van der Waals surface area contributed by atoms with Gasteiger partial charge in [-0.2, -0.15) is 0 Å². The van der Waals surface area contributed by atoms with Gasteiger partial charge in [0.25, 0.3) is 5.91 Å². The zero-order valence-corrected chi connectivity index (χ0v) is 12.7. The van der Waals surface area contributed by atoms with Gasteiger partial charge in [0, 0.05) is 12.7 Å². The maximum absolute atomic E-state index is 11.8. The molecule has 0 saturated heterocycles. The van der Waals surface area contributed by atoms with Gasteiger partial charge < -0.3 is 15.0 Å². The molecule has 0 spiro atoms. The Bertz CT molecular complexity index is 735. The van der Waals surface area contributed by atoms with Crippen molar-refractivity contribution in [2.24, 2.45) is 0 Å². The van der Waals surface area contributed by atoms with Gasteiger partial charge in [0.05, 0.1) is 0 Å². The molecule has 0 bridgehead atoms. The number of aromatic nitrogens is 1. The van der Waals surface area contributed by atoms with Crippen LogP contribution in [-0.4, -0.2) is 10.9 Å². The minimum atomic E-state index is -0.112. The highest BCUT2D eigenvalue weighted by Gasteiger charge is 2.05. The third-order valence-electron chi connectivity index (χ3n) is 3.47. The number of rotatable bonds is 6. The Kier molecular flexibility index (Phi) is 4.74. The fourth-order valence-electron chi connectivity index (χ4n) is 2.19. The van der Waals surface area contributed by atoms with Gasteiger partial charge in [-0.25, -0.2) is 0 Å². The molecule has 0 radical (unpaired) electrons. The van der Waals surface area contributed by atoms with Crippen LogP contribution in [0.2, 0.25) is 0 Å². The van der Waals surface area contributed by atoms with Crippen molar-refractivity contribution in [1.29, 1.82) is 0 Å². The SMILES string of the molecule is O=C(NCc1ccc(OCc2ccccc2)cc1)c1ccc[nH]1. The highest BCUT2D eigenvalue weighted by Crippen LogP contribution is 2.14. The van der Waals surface area contributed by atoms with Crippen LogP contribution in [0.25, 0.3) is 0 Å². The molecule has 1 heterocycles. The van der Waals surface area contributed by atoms with E-state index in [1.807, 2.05) is 54.6 Å². The Labute approximate surface area is 135 Å². The van der Waals surface area contributed by atoms with Crippen molar-refractivity contribution >= 4 is 5.91 Å². The molecule has 0 aliphatic rings. The van der Waals surface area contributed by atoms with Crippen LogP contribution in [-0.2, 0) is 13.2 Å². The van der Waals surface area contributed by atoms with Crippen LogP contribution < -0.4 is 10.1 Å². The fraction of sp³-hybridized carbons (Fsp3) is 0.105. The molecule has 4 heteroatoms. The number of carbonyl (C=O) groups excluding carboxylic acids is 1. The van der Waals surface area contributed by atoms with Gasteiger partial charge >= 0.3 is 0 Å². The van der Waals surface area contributed by atoms with Gasteiger partial charge in [0.1, 0.15) is 18.1 Å². The molecule has 2 N–H and O–H groups in total. The Morgan fingerprint density at radius 1 is 0.913 bits per heavy atom. The number of hydrogen-bond donors (Lipinski definition) is 2. The Morgan fingerprint density at radius 3 is 2.39 bits per heavy atom. The smallest absolute Gasteiger partial charge is 0.267 e. The first-order valence-electron chi connectivity index (χ1n) is 7.48. The molecule has 3 rings (SSSR count). The molecule has 0 aliphatic carbocycles. The minimum Gasteiger partial charge on any atom is -0.489 e. The second kappa shape index (κ2) is 7.31. The first-order chi connectivity index (χ1) is 11.3. The van der Waals surface area contributed by atoms with Crippen molar-refractivity contribution < 1.29 is 9.53 Å². The lowest BCUT2D eigenvalue weighted by Crippen LogP contribution is -2.22. The van der Waals surface area contributed by atoms with E-state index >= 15 is 0 Å². The summed E-state index contributed by atoms with van der Waals surface area (Å²) in [5.41, 5.74) is 2.72. The molecular formula is C19H18N2O2. The maximum Gasteiger partial charge on any atom is 0.267 e. The highest BCUT2D eigenvalue weighted by atomic mass is 16.5. The number of amides is 1. The van der Waals surface area contributed by atoms with Gasteiger partial charge in [0.15, 0.2) is 0 Å². The Morgan fingerprint density at radius 2 is 1.70 bits per heavy atom. The van der Waals surface area contributed by atoms with Gasteiger partial charge in [-0.1, -0.05) is 42.5 Å². The molecule has 1 aromatic heterocycles. The molecule has 3 aromatic rings. The van der Waals surface area contributed by atoms with Gasteiger partial charge in [-0.05, 0) is 35.4 Å². The zero-order valence-electron chi connectivity index (χ0n) is 12.7. The van der Waals surface area contributed by atoms with Crippen LogP contribution in [0.4, 0.5) is 0 Å². The molecule has 0 saturated carbocycles. The van der Waals surface area contributed by atoms with E-state index in [0.29, 0.717) is 18.8 Å². The Balaban J connectivity index is 1.50. The standard InChI is InChI=1S/C19H18N2O2/c22-19(18-7-4-12-20-18)21-13-15-8-10-17(11-9-15)23-14-16-5-2-1-3-6-16/h1-12,20H,13-14H2,(H,21,22). The topological polar surface area (TPSA) is 54.1 Å². The van der Waals surface area contributed by atoms with Crippen LogP contribution in [0, 0.1) is 0 Å². The van der Waals surface area contributed by atoms with Crippen LogP contribution in [0.3, 0.4) is 0 Å². The number of aromatic amines is 1. The number of benzene rings is 2. The molecule has 0 atom stereocenters. The molecule has 1 amide bonds. The van der Waals surface area contributed by atoms with E-state index in [0.717, 1.165) is 16.9 Å². The lowest BCUT2D eigenvalue weighted by atomic mass is 10.2. The van der Waals surface area contributed by atoms with E-state index in [9.17, 15) is 4.79 Å². The minimum absolute atomic E-state index is 0.112. The predicted molar refractivity (Wildman–Crippen MR) is 89.2 cm³/mol. The summed E-state index contributed by atoms with van der Waals surface area (Å²) in [6.45, 7) is 1.03. The van der Waals surface area contributed by atoms with E-state index in [4.69, 9.17) is 4.74 Å². The summed E-state index contributed by atoms with van der Waals surface area (Å²) >= 11 is 0. The van der Waals surface area contributed by atoms with Crippen LogP contribution in [0.1, 0.15) is 21.6 Å². The summed E-state index contributed by atoms with van der Waals surface area (Å²) in [4.78, 5) is 14.7. The normalized spacial score (nSPS) is 10.3.